The number of methoxy groups -OCH3 is 1. The van der Waals surface area contributed by atoms with Gasteiger partial charge in [-0.3, -0.25) is 4.79 Å². The highest BCUT2D eigenvalue weighted by Gasteiger charge is 2.19. The summed E-state index contributed by atoms with van der Waals surface area (Å²) in [6.45, 7) is 3.39. The molecule has 4 heteroatoms. The Morgan fingerprint density at radius 2 is 2.39 bits per heavy atom. The highest BCUT2D eigenvalue weighted by molar-refractivity contribution is 5.69. The molecule has 102 valence electrons. The largest absolute Gasteiger partial charge is 0.469 e. The van der Waals surface area contributed by atoms with E-state index in [-0.39, 0.29) is 5.97 Å². The standard InChI is InChI=1S/C14H23NO3/c1-3-4-5-9-15(10-8-14(16)17-2)12-13-7-6-11-18-13/h1,13H,4-12H2,2H3. The van der Waals surface area contributed by atoms with Crippen molar-refractivity contribution in [2.45, 2.75) is 38.2 Å². The first kappa shape index (κ1) is 15.0. The van der Waals surface area contributed by atoms with Crippen LogP contribution in [0.5, 0.6) is 0 Å². The van der Waals surface area contributed by atoms with E-state index in [0.29, 0.717) is 12.5 Å². The van der Waals surface area contributed by atoms with Gasteiger partial charge in [0.1, 0.15) is 0 Å². The van der Waals surface area contributed by atoms with E-state index in [1.807, 2.05) is 0 Å². The van der Waals surface area contributed by atoms with Crippen molar-refractivity contribution < 1.29 is 14.3 Å². The van der Waals surface area contributed by atoms with Gasteiger partial charge in [0.2, 0.25) is 0 Å². The summed E-state index contributed by atoms with van der Waals surface area (Å²) in [6, 6.07) is 0. The van der Waals surface area contributed by atoms with Gasteiger partial charge in [-0.05, 0) is 25.8 Å². The topological polar surface area (TPSA) is 38.8 Å². The number of unbranched alkanes of at least 4 members (excludes halogenated alkanes) is 1. The number of carbonyl (C=O) groups is 1. The van der Waals surface area contributed by atoms with E-state index in [9.17, 15) is 4.79 Å². The number of nitrogens with zero attached hydrogens (tertiary/aromatic N) is 1. The summed E-state index contributed by atoms with van der Waals surface area (Å²) in [7, 11) is 1.42. The van der Waals surface area contributed by atoms with Crippen LogP contribution in [-0.4, -0.2) is 50.3 Å². The van der Waals surface area contributed by atoms with Crippen LogP contribution in [0, 0.1) is 12.3 Å². The van der Waals surface area contributed by atoms with Crippen molar-refractivity contribution in [1.82, 2.24) is 4.90 Å². The summed E-state index contributed by atoms with van der Waals surface area (Å²) < 4.78 is 10.3. The Morgan fingerprint density at radius 1 is 1.56 bits per heavy atom. The maximum atomic E-state index is 11.2. The zero-order chi connectivity index (χ0) is 13.2. The van der Waals surface area contributed by atoms with Gasteiger partial charge in [-0.25, -0.2) is 0 Å². The Morgan fingerprint density at radius 3 is 3.00 bits per heavy atom. The van der Waals surface area contributed by atoms with Crippen molar-refractivity contribution in [3.63, 3.8) is 0 Å². The number of rotatable bonds is 8. The first-order chi connectivity index (χ1) is 8.76. The monoisotopic (exact) mass is 253 g/mol. The van der Waals surface area contributed by atoms with Crippen LogP contribution in [0.15, 0.2) is 0 Å². The third-order valence-corrected chi connectivity index (χ3v) is 3.14. The second-order valence-corrected chi connectivity index (χ2v) is 4.57. The summed E-state index contributed by atoms with van der Waals surface area (Å²) in [5.74, 6) is 2.48. The number of ether oxygens (including phenoxy) is 2. The van der Waals surface area contributed by atoms with Crippen molar-refractivity contribution in [3.05, 3.63) is 0 Å². The normalized spacial score (nSPS) is 18.8. The fraction of sp³-hybridized carbons (Fsp3) is 0.786. The van der Waals surface area contributed by atoms with Gasteiger partial charge in [-0.15, -0.1) is 12.3 Å². The molecule has 1 fully saturated rings. The summed E-state index contributed by atoms with van der Waals surface area (Å²) in [5, 5.41) is 0. The molecule has 4 nitrogen and oxygen atoms in total. The molecular formula is C14H23NO3. The lowest BCUT2D eigenvalue weighted by molar-refractivity contribution is -0.141. The molecule has 0 aliphatic carbocycles. The average Bonchev–Trinajstić information content (AvgIpc) is 2.88. The van der Waals surface area contributed by atoms with Crippen LogP contribution in [0.25, 0.3) is 0 Å². The van der Waals surface area contributed by atoms with Crippen molar-refractivity contribution in [3.8, 4) is 12.3 Å². The van der Waals surface area contributed by atoms with Crippen molar-refractivity contribution in [2.24, 2.45) is 0 Å². The van der Waals surface area contributed by atoms with Crippen LogP contribution in [-0.2, 0) is 14.3 Å². The highest BCUT2D eigenvalue weighted by Crippen LogP contribution is 2.14. The Hall–Kier alpha value is -1.05. The van der Waals surface area contributed by atoms with E-state index >= 15 is 0 Å². The van der Waals surface area contributed by atoms with Crippen LogP contribution in [0.4, 0.5) is 0 Å². The zero-order valence-corrected chi connectivity index (χ0v) is 11.2. The summed E-state index contributed by atoms with van der Waals surface area (Å²) in [4.78, 5) is 13.4. The predicted molar refractivity (Wildman–Crippen MR) is 70.1 cm³/mol. The van der Waals surface area contributed by atoms with Crippen LogP contribution in [0.3, 0.4) is 0 Å². The highest BCUT2D eigenvalue weighted by atomic mass is 16.5. The maximum Gasteiger partial charge on any atom is 0.306 e. The van der Waals surface area contributed by atoms with E-state index in [1.165, 1.54) is 7.11 Å². The molecule has 0 bridgehead atoms. The fourth-order valence-electron chi connectivity index (χ4n) is 2.13. The van der Waals surface area contributed by atoms with E-state index in [2.05, 4.69) is 15.6 Å². The first-order valence-corrected chi connectivity index (χ1v) is 6.60. The number of esters is 1. The number of hydrogen-bond acceptors (Lipinski definition) is 4. The van der Waals surface area contributed by atoms with Gasteiger partial charge in [-0.1, -0.05) is 0 Å². The predicted octanol–water partition coefficient (Wildman–Crippen LogP) is 1.44. The summed E-state index contributed by atoms with van der Waals surface area (Å²) in [6.07, 6.45) is 9.99. The molecule has 0 aromatic heterocycles. The molecule has 18 heavy (non-hydrogen) atoms. The van der Waals surface area contributed by atoms with Gasteiger partial charge in [-0.2, -0.15) is 0 Å². The molecule has 1 aliphatic heterocycles. The SMILES string of the molecule is C#CCCCN(CCC(=O)OC)CC1CCCO1. The fourth-order valence-corrected chi connectivity index (χ4v) is 2.13. The minimum Gasteiger partial charge on any atom is -0.469 e. The molecule has 1 atom stereocenters. The quantitative estimate of drug-likeness (QED) is 0.373. The van der Waals surface area contributed by atoms with E-state index in [1.54, 1.807) is 0 Å². The molecule has 0 N–H and O–H groups in total. The Labute approximate surface area is 110 Å². The van der Waals surface area contributed by atoms with Gasteiger partial charge >= 0.3 is 5.97 Å². The molecule has 1 rings (SSSR count). The third kappa shape index (κ3) is 6.04. The van der Waals surface area contributed by atoms with Crippen LogP contribution < -0.4 is 0 Å². The molecule has 1 heterocycles. The minimum atomic E-state index is -0.163. The molecule has 0 aromatic carbocycles. The summed E-state index contributed by atoms with van der Waals surface area (Å²) >= 11 is 0. The number of carbonyl (C=O) groups excluding carboxylic acids is 1. The van der Waals surface area contributed by atoms with E-state index in [0.717, 1.165) is 51.9 Å². The molecule has 1 saturated heterocycles. The van der Waals surface area contributed by atoms with Crippen LogP contribution in [0.2, 0.25) is 0 Å². The van der Waals surface area contributed by atoms with Gasteiger partial charge in [0, 0.05) is 26.1 Å². The van der Waals surface area contributed by atoms with Crippen LogP contribution >= 0.6 is 0 Å². The van der Waals surface area contributed by atoms with Gasteiger partial charge < -0.3 is 14.4 Å². The zero-order valence-electron chi connectivity index (χ0n) is 11.2. The molecule has 1 unspecified atom stereocenters. The molecule has 0 aromatic rings. The van der Waals surface area contributed by atoms with Crippen molar-refractivity contribution >= 4 is 5.97 Å². The van der Waals surface area contributed by atoms with Gasteiger partial charge in [0.15, 0.2) is 0 Å². The molecule has 0 radical (unpaired) electrons. The minimum absolute atomic E-state index is 0.163. The average molecular weight is 253 g/mol. The second-order valence-electron chi connectivity index (χ2n) is 4.57. The lowest BCUT2D eigenvalue weighted by Gasteiger charge is -2.24. The molecule has 1 aliphatic rings. The molecular weight excluding hydrogens is 230 g/mol. The van der Waals surface area contributed by atoms with E-state index < -0.39 is 0 Å². The van der Waals surface area contributed by atoms with Gasteiger partial charge in [0.05, 0.1) is 19.6 Å². The lowest BCUT2D eigenvalue weighted by atomic mass is 10.2. The third-order valence-electron chi connectivity index (χ3n) is 3.14. The Balaban J connectivity index is 2.30. The second kappa shape index (κ2) is 8.96. The van der Waals surface area contributed by atoms with Gasteiger partial charge in [0.25, 0.3) is 0 Å². The molecule has 0 amide bonds. The lowest BCUT2D eigenvalue weighted by Crippen LogP contribution is -2.34. The Bertz CT molecular complexity index is 279. The molecule has 0 saturated carbocycles. The first-order valence-electron chi connectivity index (χ1n) is 6.60. The smallest absolute Gasteiger partial charge is 0.306 e. The van der Waals surface area contributed by atoms with E-state index in [4.69, 9.17) is 11.2 Å². The number of terminal acetylenes is 1. The van der Waals surface area contributed by atoms with Crippen LogP contribution in [0.1, 0.15) is 32.1 Å². The summed E-state index contributed by atoms with van der Waals surface area (Å²) in [5.41, 5.74) is 0. The molecule has 0 spiro atoms. The maximum absolute atomic E-state index is 11.2. The van der Waals surface area contributed by atoms with Crippen molar-refractivity contribution in [2.75, 3.05) is 33.4 Å². The Kier molecular flexibility index (Phi) is 7.47. The number of hydrogen-bond donors (Lipinski definition) is 0. The van der Waals surface area contributed by atoms with Crippen molar-refractivity contribution in [1.29, 1.82) is 0 Å².